The summed E-state index contributed by atoms with van der Waals surface area (Å²) in [5, 5.41) is 10.9. The van der Waals surface area contributed by atoms with Crippen LogP contribution in [0.3, 0.4) is 0 Å². The van der Waals surface area contributed by atoms with Crippen molar-refractivity contribution in [2.75, 3.05) is 6.61 Å². The highest BCUT2D eigenvalue weighted by molar-refractivity contribution is 14.1. The van der Waals surface area contributed by atoms with Gasteiger partial charge in [0.05, 0.1) is 39.6 Å². The third kappa shape index (κ3) is 5.45. The minimum absolute atomic E-state index is 0.164. The second-order valence-electron chi connectivity index (χ2n) is 8.47. The van der Waals surface area contributed by atoms with Crippen molar-refractivity contribution in [2.24, 2.45) is 4.99 Å². The van der Waals surface area contributed by atoms with Crippen LogP contribution in [-0.4, -0.2) is 22.2 Å². The van der Waals surface area contributed by atoms with Crippen molar-refractivity contribution in [1.82, 2.24) is 4.57 Å². The van der Waals surface area contributed by atoms with Gasteiger partial charge in [0.15, 0.2) is 4.80 Å². The third-order valence-corrected chi connectivity index (χ3v) is 9.32. The van der Waals surface area contributed by atoms with E-state index in [1.54, 1.807) is 62.4 Å². The number of carbonyl (C=O) groups is 1. The van der Waals surface area contributed by atoms with E-state index < -0.39 is 12.0 Å². The number of carbonyl (C=O) groups excluding carboxylic acids is 1. The predicted octanol–water partition coefficient (Wildman–Crippen LogP) is 6.28. The third-order valence-electron chi connectivity index (χ3n) is 5.95. The van der Waals surface area contributed by atoms with Crippen molar-refractivity contribution >= 4 is 91.8 Å². The smallest absolute Gasteiger partial charge is 0.338 e. The summed E-state index contributed by atoms with van der Waals surface area (Å²) < 4.78 is 14.8. The maximum atomic E-state index is 13.8. The van der Waals surface area contributed by atoms with Crippen LogP contribution < -0.4 is 14.9 Å². The Labute approximate surface area is 263 Å². The molecule has 0 saturated carbocycles. The molecule has 7 nitrogen and oxygen atoms in total. The Morgan fingerprint density at radius 3 is 2.56 bits per heavy atom. The number of furan rings is 1. The molecule has 0 radical (unpaired) electrons. The molecule has 4 aromatic rings. The molecule has 1 atom stereocenters. The van der Waals surface area contributed by atoms with Crippen molar-refractivity contribution in [1.29, 1.82) is 0 Å². The lowest BCUT2D eigenvalue weighted by molar-refractivity contribution is -0.139. The molecule has 0 saturated heterocycles. The summed E-state index contributed by atoms with van der Waals surface area (Å²) in [5.74, 6) is 0.486. The maximum Gasteiger partial charge on any atom is 0.338 e. The summed E-state index contributed by atoms with van der Waals surface area (Å²) >= 11 is 17.6. The number of fused-ring (bicyclic) bond motifs is 1. The number of aromatic nitrogens is 1. The van der Waals surface area contributed by atoms with Gasteiger partial charge in [0.1, 0.15) is 23.3 Å². The summed E-state index contributed by atoms with van der Waals surface area (Å²) in [6.45, 7) is 3.59. The van der Waals surface area contributed by atoms with E-state index in [-0.39, 0.29) is 23.5 Å². The summed E-state index contributed by atoms with van der Waals surface area (Å²) in [5.41, 5.74) is 1.78. The molecular formula is C27H18Cl2I2N2O5S. The second kappa shape index (κ2) is 11.4. The maximum absolute atomic E-state index is 13.8. The van der Waals surface area contributed by atoms with Crippen LogP contribution in [0.4, 0.5) is 0 Å². The van der Waals surface area contributed by atoms with E-state index in [9.17, 15) is 14.7 Å². The minimum Gasteiger partial charge on any atom is -0.506 e. The average Bonchev–Trinajstić information content (AvgIpc) is 3.48. The van der Waals surface area contributed by atoms with Crippen LogP contribution in [0, 0.1) is 7.14 Å². The van der Waals surface area contributed by atoms with Gasteiger partial charge in [-0.2, -0.15) is 0 Å². The van der Waals surface area contributed by atoms with Gasteiger partial charge in [-0.25, -0.2) is 9.79 Å². The number of allylic oxidation sites excluding steroid dienone is 1. The van der Waals surface area contributed by atoms with E-state index in [0.717, 1.165) is 5.56 Å². The molecule has 1 N–H and O–H groups in total. The number of esters is 1. The van der Waals surface area contributed by atoms with Crippen molar-refractivity contribution in [3.8, 4) is 17.1 Å². The molecule has 200 valence electrons. The molecule has 2 aromatic carbocycles. The van der Waals surface area contributed by atoms with E-state index in [1.165, 1.54) is 15.9 Å². The van der Waals surface area contributed by atoms with Crippen LogP contribution in [0.2, 0.25) is 10.0 Å². The zero-order valence-electron chi connectivity index (χ0n) is 20.3. The van der Waals surface area contributed by atoms with Crippen molar-refractivity contribution in [3.05, 3.63) is 102 Å². The number of thiazole rings is 1. The minimum atomic E-state index is -0.890. The first-order chi connectivity index (χ1) is 18.6. The van der Waals surface area contributed by atoms with E-state index >= 15 is 0 Å². The molecule has 1 aliphatic heterocycles. The molecule has 0 amide bonds. The highest BCUT2D eigenvalue weighted by Crippen LogP contribution is 2.36. The van der Waals surface area contributed by atoms with Gasteiger partial charge >= 0.3 is 5.97 Å². The molecule has 12 heteroatoms. The van der Waals surface area contributed by atoms with Crippen molar-refractivity contribution in [3.63, 3.8) is 0 Å². The highest BCUT2D eigenvalue weighted by atomic mass is 127. The fourth-order valence-corrected chi connectivity index (χ4v) is 7.35. The van der Waals surface area contributed by atoms with Crippen LogP contribution in [0.1, 0.15) is 31.2 Å². The van der Waals surface area contributed by atoms with Crippen molar-refractivity contribution < 1.29 is 19.1 Å². The Balaban J connectivity index is 1.69. The molecule has 3 heterocycles. The van der Waals surface area contributed by atoms with Gasteiger partial charge in [-0.3, -0.25) is 9.36 Å². The van der Waals surface area contributed by atoms with E-state index in [4.69, 9.17) is 32.4 Å². The Morgan fingerprint density at radius 2 is 1.90 bits per heavy atom. The monoisotopic (exact) mass is 806 g/mol. The number of hydrogen-bond donors (Lipinski definition) is 1. The lowest BCUT2D eigenvalue weighted by Gasteiger charge is -2.22. The number of phenolic OH excluding ortho intramolecular Hbond substituents is 1. The SMILES string of the molecule is CCOC(=O)C1=C(C)N=c2s/c(=C\c3cc(I)c(O)c(I)c3)c(=O)n2[C@H]1c1ccc(-c2ccc(Cl)c(Cl)c2)o1. The number of phenols is 1. The van der Waals surface area contributed by atoms with Gasteiger partial charge in [-0.05, 0) is 113 Å². The molecular weight excluding hydrogens is 789 g/mol. The number of rotatable bonds is 5. The van der Waals surface area contributed by atoms with Gasteiger partial charge in [-0.1, -0.05) is 34.5 Å². The lowest BCUT2D eigenvalue weighted by atomic mass is 10.0. The molecule has 0 unspecified atom stereocenters. The largest absolute Gasteiger partial charge is 0.506 e. The Bertz CT molecular complexity index is 1840. The van der Waals surface area contributed by atoms with Gasteiger partial charge in [0.2, 0.25) is 0 Å². The first kappa shape index (κ1) is 28.4. The fraction of sp³-hybridized carbons (Fsp3) is 0.148. The zero-order valence-corrected chi connectivity index (χ0v) is 26.9. The highest BCUT2D eigenvalue weighted by Gasteiger charge is 2.35. The second-order valence-corrected chi connectivity index (χ2v) is 12.6. The molecule has 0 fully saturated rings. The Hall–Kier alpha value is -2.13. The molecule has 39 heavy (non-hydrogen) atoms. The number of ether oxygens (including phenoxy) is 1. The van der Waals surface area contributed by atoms with Gasteiger partial charge < -0.3 is 14.3 Å². The number of benzene rings is 2. The number of hydrogen-bond acceptors (Lipinski definition) is 7. The molecule has 1 aliphatic rings. The van der Waals surface area contributed by atoms with Gasteiger partial charge in [-0.15, -0.1) is 0 Å². The van der Waals surface area contributed by atoms with E-state index in [1.807, 2.05) is 45.2 Å². The average molecular weight is 807 g/mol. The Kier molecular flexibility index (Phi) is 8.30. The molecule has 0 aliphatic carbocycles. The summed E-state index contributed by atoms with van der Waals surface area (Å²) in [7, 11) is 0. The molecule has 0 bridgehead atoms. The lowest BCUT2D eigenvalue weighted by Crippen LogP contribution is -2.39. The van der Waals surface area contributed by atoms with Crippen LogP contribution in [0.5, 0.6) is 5.75 Å². The van der Waals surface area contributed by atoms with Gasteiger partial charge in [0.25, 0.3) is 5.56 Å². The quantitative estimate of drug-likeness (QED) is 0.190. The first-order valence-corrected chi connectivity index (χ1v) is 15.2. The summed E-state index contributed by atoms with van der Waals surface area (Å²) in [6.07, 6.45) is 1.75. The zero-order chi connectivity index (χ0) is 28.0. The molecule has 5 rings (SSSR count). The van der Waals surface area contributed by atoms with Gasteiger partial charge in [0, 0.05) is 5.56 Å². The van der Waals surface area contributed by atoms with Crippen LogP contribution in [-0.2, 0) is 9.53 Å². The summed E-state index contributed by atoms with van der Waals surface area (Å²) in [4.78, 5) is 31.9. The summed E-state index contributed by atoms with van der Waals surface area (Å²) in [6, 6.07) is 11.3. The topological polar surface area (TPSA) is 94.0 Å². The molecule has 2 aromatic heterocycles. The van der Waals surface area contributed by atoms with E-state index in [2.05, 4.69) is 4.99 Å². The first-order valence-electron chi connectivity index (χ1n) is 11.5. The predicted molar refractivity (Wildman–Crippen MR) is 168 cm³/mol. The van der Waals surface area contributed by atoms with E-state index in [0.29, 0.717) is 49.3 Å². The fourth-order valence-electron chi connectivity index (χ4n) is 4.18. The number of nitrogens with zero attached hydrogens (tertiary/aromatic N) is 2. The van der Waals surface area contributed by atoms with Crippen LogP contribution in [0.25, 0.3) is 17.4 Å². The molecule has 0 spiro atoms. The van der Waals surface area contributed by atoms with Crippen LogP contribution in [0.15, 0.2) is 67.9 Å². The standard InChI is InChI=1S/C27H18Cl2I2N2O5S/c1-3-37-26(36)22-12(2)32-27-33(25(35)21(39-27)10-13-8-17(30)24(34)18(31)9-13)23(22)20-7-6-19(38-20)14-4-5-15(28)16(29)11-14/h4-11,23,34H,3H2,1-2H3/b21-10-/t23-/m0/s1. The number of halogens is 4. The normalized spacial score (nSPS) is 15.3. The van der Waals surface area contributed by atoms with Crippen LogP contribution >= 0.6 is 79.7 Å². The Morgan fingerprint density at radius 1 is 1.18 bits per heavy atom. The number of aromatic hydroxyl groups is 1. The van der Waals surface area contributed by atoms with Crippen molar-refractivity contribution in [2.45, 2.75) is 19.9 Å².